The van der Waals surface area contributed by atoms with Crippen LogP contribution in [0.1, 0.15) is 12.8 Å². The highest BCUT2D eigenvalue weighted by Gasteiger charge is 2.39. The van der Waals surface area contributed by atoms with Crippen molar-refractivity contribution >= 4 is 23.8 Å². The average molecular weight is 274 g/mol. The van der Waals surface area contributed by atoms with E-state index in [9.17, 15) is 14.7 Å². The molecule has 2 unspecified atom stereocenters. The number of thioether (sulfide) groups is 1. The van der Waals surface area contributed by atoms with Crippen LogP contribution < -0.4 is 5.32 Å². The monoisotopic (exact) mass is 274 g/mol. The van der Waals surface area contributed by atoms with E-state index in [4.69, 9.17) is 5.11 Å². The Balaban J connectivity index is 1.85. The Morgan fingerprint density at radius 3 is 2.83 bits per heavy atom. The Hall–Kier alpha value is -0.950. The molecule has 2 aliphatic rings. The van der Waals surface area contributed by atoms with E-state index in [1.165, 1.54) is 4.90 Å². The number of nitrogens with zero attached hydrogens (tertiary/aromatic N) is 1. The molecule has 0 aromatic carbocycles. The Bertz CT molecular complexity index is 333. The lowest BCUT2D eigenvalue weighted by Gasteiger charge is -2.22. The average Bonchev–Trinajstić information content (AvgIpc) is 2.94. The summed E-state index contributed by atoms with van der Waals surface area (Å²) in [5.41, 5.74) is 0. The molecule has 18 heavy (non-hydrogen) atoms. The number of hydrogen-bond donors (Lipinski definition) is 3. The Kier molecular flexibility index (Phi) is 4.34. The molecule has 0 bridgehead atoms. The maximum atomic E-state index is 11.9. The summed E-state index contributed by atoms with van der Waals surface area (Å²) in [4.78, 5) is 24.1. The molecule has 0 aromatic heterocycles. The third kappa shape index (κ3) is 3.08. The molecule has 2 rings (SSSR count). The van der Waals surface area contributed by atoms with E-state index in [1.54, 1.807) is 0 Å². The van der Waals surface area contributed by atoms with Gasteiger partial charge in [-0.05, 0) is 23.8 Å². The topological polar surface area (TPSA) is 89.9 Å². The quantitative estimate of drug-likeness (QED) is 0.672. The number of urea groups is 1. The molecule has 0 spiro atoms. The number of carbonyl (C=O) groups excluding carboxylic acids is 1. The van der Waals surface area contributed by atoms with Gasteiger partial charge in [-0.25, -0.2) is 9.59 Å². The second kappa shape index (κ2) is 5.79. The summed E-state index contributed by atoms with van der Waals surface area (Å²) in [5, 5.41) is 21.2. The normalized spacial score (nSPS) is 31.6. The minimum atomic E-state index is -1.06. The van der Waals surface area contributed by atoms with Crippen molar-refractivity contribution in [1.29, 1.82) is 0 Å². The van der Waals surface area contributed by atoms with Gasteiger partial charge >= 0.3 is 12.0 Å². The number of likely N-dealkylation sites (tertiary alicyclic amines) is 1. The van der Waals surface area contributed by atoms with E-state index in [2.05, 4.69) is 5.32 Å². The molecule has 0 saturated carbocycles. The molecule has 7 heteroatoms. The highest BCUT2D eigenvalue weighted by Crippen LogP contribution is 2.23. The fourth-order valence-corrected chi connectivity index (χ4v) is 3.63. The van der Waals surface area contributed by atoms with Crippen molar-refractivity contribution in [3.63, 3.8) is 0 Å². The molecule has 0 aromatic rings. The first-order valence-electron chi connectivity index (χ1n) is 6.11. The van der Waals surface area contributed by atoms with Crippen LogP contribution >= 0.6 is 11.8 Å². The largest absolute Gasteiger partial charge is 0.480 e. The highest BCUT2D eigenvalue weighted by molar-refractivity contribution is 7.99. The summed E-state index contributed by atoms with van der Waals surface area (Å²) in [6.45, 7) is 0.687. The van der Waals surface area contributed by atoms with Crippen LogP contribution in [0, 0.1) is 5.92 Å². The van der Waals surface area contributed by atoms with Crippen molar-refractivity contribution in [1.82, 2.24) is 10.2 Å². The third-order valence-corrected chi connectivity index (χ3v) is 4.62. The second-order valence-corrected chi connectivity index (χ2v) is 5.96. The van der Waals surface area contributed by atoms with Gasteiger partial charge in [0.05, 0.1) is 6.10 Å². The van der Waals surface area contributed by atoms with Crippen molar-refractivity contribution in [2.75, 3.05) is 24.6 Å². The van der Waals surface area contributed by atoms with Crippen LogP contribution in [0.3, 0.4) is 0 Å². The third-order valence-electron chi connectivity index (χ3n) is 3.39. The summed E-state index contributed by atoms with van der Waals surface area (Å²) in [7, 11) is 0. The molecule has 3 atom stereocenters. The summed E-state index contributed by atoms with van der Waals surface area (Å²) < 4.78 is 0. The molecule has 0 aliphatic carbocycles. The molecule has 2 aliphatic heterocycles. The minimum Gasteiger partial charge on any atom is -0.480 e. The second-order valence-electron chi connectivity index (χ2n) is 4.81. The highest BCUT2D eigenvalue weighted by atomic mass is 32.2. The van der Waals surface area contributed by atoms with E-state index in [0.717, 1.165) is 17.9 Å². The first kappa shape index (κ1) is 13.5. The van der Waals surface area contributed by atoms with Crippen LogP contribution in [0.4, 0.5) is 4.79 Å². The van der Waals surface area contributed by atoms with E-state index in [-0.39, 0.29) is 19.0 Å². The van der Waals surface area contributed by atoms with Gasteiger partial charge < -0.3 is 20.4 Å². The van der Waals surface area contributed by atoms with Crippen LogP contribution in [-0.4, -0.2) is 63.9 Å². The lowest BCUT2D eigenvalue weighted by Crippen LogP contribution is -2.47. The maximum absolute atomic E-state index is 11.9. The first-order valence-corrected chi connectivity index (χ1v) is 7.26. The number of hydrogen-bond acceptors (Lipinski definition) is 4. The van der Waals surface area contributed by atoms with Crippen molar-refractivity contribution in [3.05, 3.63) is 0 Å². The van der Waals surface area contributed by atoms with Gasteiger partial charge in [0.15, 0.2) is 0 Å². The molecule has 2 saturated heterocycles. The van der Waals surface area contributed by atoms with Crippen LogP contribution in [-0.2, 0) is 4.79 Å². The smallest absolute Gasteiger partial charge is 0.326 e. The summed E-state index contributed by atoms with van der Waals surface area (Å²) in [6.07, 6.45) is 0.469. The van der Waals surface area contributed by atoms with Crippen molar-refractivity contribution in [2.45, 2.75) is 25.0 Å². The number of carbonyl (C=O) groups is 2. The van der Waals surface area contributed by atoms with Gasteiger partial charge in [-0.2, -0.15) is 11.8 Å². The van der Waals surface area contributed by atoms with Gasteiger partial charge in [-0.1, -0.05) is 0 Å². The maximum Gasteiger partial charge on any atom is 0.326 e. The molecule has 2 amide bonds. The lowest BCUT2D eigenvalue weighted by atomic mass is 10.1. The number of carboxylic acid groups (broad SMARTS) is 1. The molecule has 3 N–H and O–H groups in total. The summed E-state index contributed by atoms with van der Waals surface area (Å²) in [5.74, 6) is 1.60. The van der Waals surface area contributed by atoms with Crippen molar-refractivity contribution < 1.29 is 19.8 Å². The van der Waals surface area contributed by atoms with Crippen molar-refractivity contribution in [3.8, 4) is 0 Å². The molecule has 0 radical (unpaired) electrons. The predicted octanol–water partition coefficient (Wildman–Crippen LogP) is -0.0311. The number of β-amino-alcohol motifs (C(OH)–C–C–N with tert-alkyl or cyclic N) is 1. The molecule has 2 fully saturated rings. The number of aliphatic hydroxyl groups excluding tert-OH is 1. The number of carboxylic acids is 1. The predicted molar refractivity (Wildman–Crippen MR) is 67.6 cm³/mol. The Labute approximate surface area is 110 Å². The zero-order chi connectivity index (χ0) is 13.1. The van der Waals surface area contributed by atoms with Crippen molar-refractivity contribution in [2.24, 2.45) is 5.92 Å². The van der Waals surface area contributed by atoms with Crippen LogP contribution in [0.5, 0.6) is 0 Å². The van der Waals surface area contributed by atoms with Gasteiger partial charge in [-0.3, -0.25) is 0 Å². The fraction of sp³-hybridized carbons (Fsp3) is 0.818. The van der Waals surface area contributed by atoms with Crippen LogP contribution in [0.25, 0.3) is 0 Å². The summed E-state index contributed by atoms with van der Waals surface area (Å²) >= 11 is 1.87. The lowest BCUT2D eigenvalue weighted by molar-refractivity contribution is -0.141. The fourth-order valence-electron chi connectivity index (χ4n) is 2.35. The van der Waals surface area contributed by atoms with E-state index >= 15 is 0 Å². The number of nitrogens with one attached hydrogen (secondary N) is 1. The minimum absolute atomic E-state index is 0.0994. The van der Waals surface area contributed by atoms with E-state index in [0.29, 0.717) is 12.5 Å². The zero-order valence-electron chi connectivity index (χ0n) is 10.0. The van der Waals surface area contributed by atoms with Gasteiger partial charge in [0.1, 0.15) is 6.04 Å². The number of rotatable bonds is 3. The van der Waals surface area contributed by atoms with Crippen LogP contribution in [0.2, 0.25) is 0 Å². The van der Waals surface area contributed by atoms with E-state index < -0.39 is 18.1 Å². The Morgan fingerprint density at radius 2 is 2.22 bits per heavy atom. The molecule has 6 nitrogen and oxygen atoms in total. The van der Waals surface area contributed by atoms with Gasteiger partial charge in [-0.15, -0.1) is 0 Å². The molecule has 102 valence electrons. The standard InChI is InChI=1S/C11H18N2O4S/c14-8-3-9(10(15)16)13(5-8)11(17)12-4-7-1-2-18-6-7/h7-9,14H,1-6H2,(H,12,17)(H,15,16)/t7?,8?,9-/m0/s1. The molecular formula is C11H18N2O4S. The number of amides is 2. The Morgan fingerprint density at radius 1 is 1.44 bits per heavy atom. The van der Waals surface area contributed by atoms with Gasteiger partial charge in [0, 0.05) is 19.5 Å². The van der Waals surface area contributed by atoms with E-state index in [1.807, 2.05) is 11.8 Å². The van der Waals surface area contributed by atoms with Gasteiger partial charge in [0.2, 0.25) is 0 Å². The molecule has 2 heterocycles. The summed E-state index contributed by atoms with van der Waals surface area (Å²) in [6, 6.07) is -1.28. The number of aliphatic carboxylic acids is 1. The zero-order valence-corrected chi connectivity index (χ0v) is 10.9. The first-order chi connectivity index (χ1) is 8.58. The molecular weight excluding hydrogens is 256 g/mol. The number of aliphatic hydroxyl groups is 1. The van der Waals surface area contributed by atoms with Gasteiger partial charge in [0.25, 0.3) is 0 Å². The van der Waals surface area contributed by atoms with Crippen LogP contribution in [0.15, 0.2) is 0 Å². The SMILES string of the molecule is O=C(O)[C@@H]1CC(O)CN1C(=O)NCC1CCSC1.